The highest BCUT2D eigenvalue weighted by Crippen LogP contribution is 2.34. The summed E-state index contributed by atoms with van der Waals surface area (Å²) in [6, 6.07) is 3.28. The number of nitrogens with two attached hydrogens (primary N) is 1. The van der Waals surface area contributed by atoms with Crippen molar-refractivity contribution in [1.29, 1.82) is 0 Å². The van der Waals surface area contributed by atoms with E-state index in [1.807, 2.05) is 0 Å². The van der Waals surface area contributed by atoms with Crippen LogP contribution in [0.25, 0.3) is 11.0 Å². The second-order valence-corrected chi connectivity index (χ2v) is 4.25. The van der Waals surface area contributed by atoms with Crippen molar-refractivity contribution in [3.05, 3.63) is 27.9 Å². The molecule has 0 radical (unpaired) electrons. The molecule has 3 N–H and O–H groups in total. The third kappa shape index (κ3) is 1.89. The Kier molecular flexibility index (Phi) is 3.08. The smallest absolute Gasteiger partial charge is 0.339 e. The van der Waals surface area contributed by atoms with Gasteiger partial charge in [0.25, 0.3) is 0 Å². The number of carbonyl (C=O) groups is 1. The SMILES string of the molecule is COc1cc2c(C(=O)O)c(CN)oc2cc1Br. The van der Waals surface area contributed by atoms with Crippen LogP contribution in [0.4, 0.5) is 0 Å². The number of halogens is 1. The largest absolute Gasteiger partial charge is 0.496 e. The van der Waals surface area contributed by atoms with Crippen molar-refractivity contribution >= 4 is 32.9 Å². The second-order valence-electron chi connectivity index (χ2n) is 3.39. The van der Waals surface area contributed by atoms with E-state index >= 15 is 0 Å². The van der Waals surface area contributed by atoms with Crippen molar-refractivity contribution in [1.82, 2.24) is 0 Å². The van der Waals surface area contributed by atoms with Crippen molar-refractivity contribution in [2.45, 2.75) is 6.54 Å². The summed E-state index contributed by atoms with van der Waals surface area (Å²) in [5.41, 5.74) is 6.02. The normalized spacial score (nSPS) is 10.8. The number of fused-ring (bicyclic) bond motifs is 1. The van der Waals surface area contributed by atoms with E-state index in [-0.39, 0.29) is 17.9 Å². The lowest BCUT2D eigenvalue weighted by atomic mass is 10.1. The average molecular weight is 300 g/mol. The van der Waals surface area contributed by atoms with E-state index in [1.54, 1.807) is 12.1 Å². The minimum atomic E-state index is -1.06. The van der Waals surface area contributed by atoms with Gasteiger partial charge in [-0.25, -0.2) is 4.79 Å². The molecule has 0 atom stereocenters. The molecule has 90 valence electrons. The summed E-state index contributed by atoms with van der Waals surface area (Å²) in [6.07, 6.45) is 0. The van der Waals surface area contributed by atoms with E-state index in [0.29, 0.717) is 21.2 Å². The molecule has 0 aliphatic carbocycles. The third-order valence-electron chi connectivity index (χ3n) is 2.43. The first-order valence-corrected chi connectivity index (χ1v) is 5.60. The third-order valence-corrected chi connectivity index (χ3v) is 3.05. The standard InChI is InChI=1S/C11H10BrNO4/c1-16-8-2-5-7(3-6(8)12)17-9(4-13)10(5)11(14)15/h2-3H,4,13H2,1H3,(H,14,15). The Morgan fingerprint density at radius 3 is 2.82 bits per heavy atom. The van der Waals surface area contributed by atoms with E-state index in [2.05, 4.69) is 15.9 Å². The van der Waals surface area contributed by atoms with E-state index in [0.717, 1.165) is 0 Å². The second kappa shape index (κ2) is 4.38. The zero-order valence-corrected chi connectivity index (χ0v) is 10.6. The number of methoxy groups -OCH3 is 1. The molecule has 0 saturated carbocycles. The number of furan rings is 1. The number of rotatable bonds is 3. The maximum absolute atomic E-state index is 11.2. The molecule has 1 heterocycles. The highest BCUT2D eigenvalue weighted by molar-refractivity contribution is 9.10. The molecule has 1 aromatic heterocycles. The van der Waals surface area contributed by atoms with Gasteiger partial charge in [-0.05, 0) is 28.1 Å². The molecule has 5 nitrogen and oxygen atoms in total. The van der Waals surface area contributed by atoms with Crippen LogP contribution in [0, 0.1) is 0 Å². The van der Waals surface area contributed by atoms with E-state index in [4.69, 9.17) is 20.0 Å². The molecule has 0 amide bonds. The molecular formula is C11H10BrNO4. The van der Waals surface area contributed by atoms with Gasteiger partial charge in [-0.2, -0.15) is 0 Å². The summed E-state index contributed by atoms with van der Waals surface area (Å²) in [5.74, 6) is -0.259. The molecule has 0 unspecified atom stereocenters. The van der Waals surface area contributed by atoms with E-state index in [1.165, 1.54) is 7.11 Å². The Bertz CT molecular complexity index is 591. The summed E-state index contributed by atoms with van der Waals surface area (Å²) in [7, 11) is 1.51. The van der Waals surface area contributed by atoms with Gasteiger partial charge >= 0.3 is 5.97 Å². The topological polar surface area (TPSA) is 85.7 Å². The fraction of sp³-hybridized carbons (Fsp3) is 0.182. The van der Waals surface area contributed by atoms with E-state index in [9.17, 15) is 4.79 Å². The van der Waals surface area contributed by atoms with Crippen molar-refractivity contribution in [3.8, 4) is 5.75 Å². The zero-order chi connectivity index (χ0) is 12.6. The van der Waals surface area contributed by atoms with Gasteiger partial charge in [0, 0.05) is 5.39 Å². The lowest BCUT2D eigenvalue weighted by molar-refractivity contribution is 0.0696. The van der Waals surface area contributed by atoms with Crippen molar-refractivity contribution in [3.63, 3.8) is 0 Å². The molecule has 2 aromatic rings. The summed E-state index contributed by atoms with van der Waals surface area (Å²) in [4.78, 5) is 11.2. The van der Waals surface area contributed by atoms with Gasteiger partial charge < -0.3 is 20.0 Å². The first-order chi connectivity index (χ1) is 8.08. The number of carboxylic acids is 1. The number of carboxylic acid groups (broad SMARTS) is 1. The summed E-state index contributed by atoms with van der Waals surface area (Å²) >= 11 is 3.31. The van der Waals surface area contributed by atoms with Crippen molar-refractivity contribution in [2.75, 3.05) is 7.11 Å². The number of benzene rings is 1. The number of hydrogen-bond donors (Lipinski definition) is 2. The first-order valence-electron chi connectivity index (χ1n) is 4.80. The Hall–Kier alpha value is -1.53. The van der Waals surface area contributed by atoms with Gasteiger partial charge in [-0.3, -0.25) is 0 Å². The maximum atomic E-state index is 11.2. The number of hydrogen-bond acceptors (Lipinski definition) is 4. The summed E-state index contributed by atoms with van der Waals surface area (Å²) in [5, 5.41) is 9.63. The minimum absolute atomic E-state index is 0.0379. The van der Waals surface area contributed by atoms with Crippen LogP contribution in [-0.4, -0.2) is 18.2 Å². The van der Waals surface area contributed by atoms with Crippen LogP contribution in [0.1, 0.15) is 16.1 Å². The molecule has 17 heavy (non-hydrogen) atoms. The average Bonchev–Trinajstić information content (AvgIpc) is 2.65. The molecule has 0 aliphatic heterocycles. The molecule has 6 heteroatoms. The van der Waals surface area contributed by atoms with Gasteiger partial charge in [-0.1, -0.05) is 0 Å². The Morgan fingerprint density at radius 1 is 1.59 bits per heavy atom. The predicted molar refractivity (Wildman–Crippen MR) is 65.3 cm³/mol. The van der Waals surface area contributed by atoms with Crippen LogP contribution in [0.2, 0.25) is 0 Å². The van der Waals surface area contributed by atoms with Crippen LogP contribution in [-0.2, 0) is 6.54 Å². The van der Waals surface area contributed by atoms with E-state index < -0.39 is 5.97 Å². The lowest BCUT2D eigenvalue weighted by Crippen LogP contribution is -2.03. The highest BCUT2D eigenvalue weighted by atomic mass is 79.9. The Labute approximate surface area is 105 Å². The predicted octanol–water partition coefficient (Wildman–Crippen LogP) is 2.36. The van der Waals surface area contributed by atoms with Crippen LogP contribution in [0.3, 0.4) is 0 Å². The molecule has 0 aliphatic rings. The lowest BCUT2D eigenvalue weighted by Gasteiger charge is -2.02. The van der Waals surface area contributed by atoms with Gasteiger partial charge in [0.05, 0.1) is 18.1 Å². The molecule has 0 fully saturated rings. The van der Waals surface area contributed by atoms with Crippen LogP contribution >= 0.6 is 15.9 Å². The maximum Gasteiger partial charge on any atom is 0.339 e. The highest BCUT2D eigenvalue weighted by Gasteiger charge is 2.20. The van der Waals surface area contributed by atoms with Crippen molar-refractivity contribution in [2.24, 2.45) is 5.73 Å². The molecular weight excluding hydrogens is 290 g/mol. The Balaban J connectivity index is 2.81. The van der Waals surface area contributed by atoms with Gasteiger partial charge in [0.15, 0.2) is 0 Å². The number of ether oxygens (including phenoxy) is 1. The Morgan fingerprint density at radius 2 is 2.29 bits per heavy atom. The first kappa shape index (κ1) is 11.9. The zero-order valence-electron chi connectivity index (χ0n) is 8.99. The molecule has 1 aromatic carbocycles. The molecule has 0 saturated heterocycles. The fourth-order valence-electron chi connectivity index (χ4n) is 1.68. The van der Waals surface area contributed by atoms with Gasteiger partial charge in [0.2, 0.25) is 0 Å². The van der Waals surface area contributed by atoms with Crippen molar-refractivity contribution < 1.29 is 19.1 Å². The van der Waals surface area contributed by atoms with Crippen LogP contribution in [0.5, 0.6) is 5.75 Å². The molecule has 2 rings (SSSR count). The quantitative estimate of drug-likeness (QED) is 0.908. The minimum Gasteiger partial charge on any atom is -0.496 e. The van der Waals surface area contributed by atoms with Gasteiger partial charge in [-0.15, -0.1) is 0 Å². The summed E-state index contributed by atoms with van der Waals surface area (Å²) in [6.45, 7) is 0.0379. The fourth-order valence-corrected chi connectivity index (χ4v) is 2.17. The molecule has 0 spiro atoms. The number of aromatic carboxylic acids is 1. The van der Waals surface area contributed by atoms with Gasteiger partial charge in [0.1, 0.15) is 22.7 Å². The monoisotopic (exact) mass is 299 g/mol. The van der Waals surface area contributed by atoms with Crippen LogP contribution in [0.15, 0.2) is 21.0 Å². The molecule has 0 bridgehead atoms. The van der Waals surface area contributed by atoms with Crippen LogP contribution < -0.4 is 10.5 Å². The summed E-state index contributed by atoms with van der Waals surface area (Å²) < 4.78 is 11.2.